The van der Waals surface area contributed by atoms with E-state index in [2.05, 4.69) is 0 Å². The lowest BCUT2D eigenvalue weighted by atomic mass is 10.2. The minimum Gasteiger partial charge on any atom is -0.378 e. The molecule has 0 atom stereocenters. The van der Waals surface area contributed by atoms with E-state index < -0.39 is 0 Å². The second-order valence-corrected chi connectivity index (χ2v) is 5.01. The molecule has 1 fully saturated rings. The van der Waals surface area contributed by atoms with Gasteiger partial charge in [-0.1, -0.05) is 17.7 Å². The lowest BCUT2D eigenvalue weighted by Crippen LogP contribution is -2.48. The van der Waals surface area contributed by atoms with E-state index in [9.17, 15) is 4.79 Å². The van der Waals surface area contributed by atoms with Gasteiger partial charge in [-0.05, 0) is 32.0 Å². The zero-order valence-electron chi connectivity index (χ0n) is 12.0. The first-order chi connectivity index (χ1) is 9.72. The van der Waals surface area contributed by atoms with Gasteiger partial charge < -0.3 is 15.4 Å². The van der Waals surface area contributed by atoms with Crippen molar-refractivity contribution in [3.63, 3.8) is 0 Å². The van der Waals surface area contributed by atoms with Crippen molar-refractivity contribution in [2.45, 2.75) is 13.3 Å². The zero-order chi connectivity index (χ0) is 14.4. The number of ether oxygens (including phenoxy) is 1. The third-order valence-electron chi connectivity index (χ3n) is 3.44. The Kier molecular flexibility index (Phi) is 5.38. The van der Waals surface area contributed by atoms with Crippen LogP contribution in [0, 0.1) is 6.92 Å². The minimum atomic E-state index is 0.0469. The topological polar surface area (TPSA) is 58.8 Å². The summed E-state index contributed by atoms with van der Waals surface area (Å²) in [5, 5.41) is 0. The SMILES string of the molecule is Cc1ccc(N(CCCN)C(=O)N2CCOCC2)cc1. The molecule has 1 heterocycles. The zero-order valence-corrected chi connectivity index (χ0v) is 12.0. The second-order valence-electron chi connectivity index (χ2n) is 5.01. The van der Waals surface area contributed by atoms with Crippen LogP contribution in [0.4, 0.5) is 10.5 Å². The van der Waals surface area contributed by atoms with E-state index in [1.807, 2.05) is 41.0 Å². The maximum Gasteiger partial charge on any atom is 0.324 e. The highest BCUT2D eigenvalue weighted by molar-refractivity contribution is 5.92. The normalized spacial score (nSPS) is 15.2. The number of benzene rings is 1. The van der Waals surface area contributed by atoms with Gasteiger partial charge in [0.1, 0.15) is 0 Å². The fraction of sp³-hybridized carbons (Fsp3) is 0.533. The van der Waals surface area contributed by atoms with Gasteiger partial charge in [-0.15, -0.1) is 0 Å². The van der Waals surface area contributed by atoms with Crippen LogP contribution in [0.25, 0.3) is 0 Å². The van der Waals surface area contributed by atoms with E-state index >= 15 is 0 Å². The maximum absolute atomic E-state index is 12.6. The fourth-order valence-electron chi connectivity index (χ4n) is 2.23. The van der Waals surface area contributed by atoms with E-state index in [-0.39, 0.29) is 6.03 Å². The van der Waals surface area contributed by atoms with Crippen LogP contribution in [-0.2, 0) is 4.74 Å². The Morgan fingerprint density at radius 2 is 1.95 bits per heavy atom. The van der Waals surface area contributed by atoms with Crippen molar-refractivity contribution >= 4 is 11.7 Å². The number of carbonyl (C=O) groups is 1. The predicted molar refractivity (Wildman–Crippen MR) is 80.0 cm³/mol. The number of rotatable bonds is 4. The fourth-order valence-corrected chi connectivity index (χ4v) is 2.23. The number of nitrogens with zero attached hydrogens (tertiary/aromatic N) is 2. The second kappa shape index (κ2) is 7.26. The van der Waals surface area contributed by atoms with Crippen LogP contribution in [0.2, 0.25) is 0 Å². The van der Waals surface area contributed by atoms with Gasteiger partial charge in [-0.2, -0.15) is 0 Å². The Labute approximate surface area is 120 Å². The molecule has 1 saturated heterocycles. The molecule has 1 aliphatic heterocycles. The molecule has 2 amide bonds. The molecular formula is C15H23N3O2. The maximum atomic E-state index is 12.6. The van der Waals surface area contributed by atoms with Gasteiger partial charge in [0.05, 0.1) is 13.2 Å². The van der Waals surface area contributed by atoms with Crippen molar-refractivity contribution in [1.82, 2.24) is 4.90 Å². The van der Waals surface area contributed by atoms with Crippen molar-refractivity contribution in [2.24, 2.45) is 5.73 Å². The van der Waals surface area contributed by atoms with E-state index in [0.717, 1.165) is 12.1 Å². The smallest absolute Gasteiger partial charge is 0.324 e. The summed E-state index contributed by atoms with van der Waals surface area (Å²) in [7, 11) is 0. The molecule has 1 aromatic carbocycles. The van der Waals surface area contributed by atoms with Crippen molar-refractivity contribution in [1.29, 1.82) is 0 Å². The average molecular weight is 277 g/mol. The molecular weight excluding hydrogens is 254 g/mol. The largest absolute Gasteiger partial charge is 0.378 e. The molecule has 0 aromatic heterocycles. The van der Waals surface area contributed by atoms with Gasteiger partial charge in [-0.25, -0.2) is 4.79 Å². The summed E-state index contributed by atoms with van der Waals surface area (Å²) >= 11 is 0. The molecule has 0 unspecified atom stereocenters. The average Bonchev–Trinajstić information content (AvgIpc) is 2.50. The Morgan fingerprint density at radius 3 is 2.55 bits per heavy atom. The summed E-state index contributed by atoms with van der Waals surface area (Å²) in [6.45, 7) is 5.81. The Balaban J connectivity index is 2.13. The predicted octanol–water partition coefficient (Wildman–Crippen LogP) is 1.60. The highest BCUT2D eigenvalue weighted by Gasteiger charge is 2.23. The Hall–Kier alpha value is -1.59. The number of aryl methyl sites for hydroxylation is 1. The van der Waals surface area contributed by atoms with Gasteiger partial charge >= 0.3 is 6.03 Å². The molecule has 1 aliphatic rings. The lowest BCUT2D eigenvalue weighted by Gasteiger charge is -2.33. The van der Waals surface area contributed by atoms with Gasteiger partial charge in [0.25, 0.3) is 0 Å². The number of nitrogens with two attached hydrogens (primary N) is 1. The molecule has 0 saturated carbocycles. The van der Waals surface area contributed by atoms with Gasteiger partial charge in [0, 0.05) is 25.3 Å². The number of anilines is 1. The Bertz CT molecular complexity index is 427. The molecule has 0 radical (unpaired) electrons. The van der Waals surface area contributed by atoms with Crippen molar-refractivity contribution in [2.75, 3.05) is 44.3 Å². The van der Waals surface area contributed by atoms with Gasteiger partial charge in [0.15, 0.2) is 0 Å². The number of hydrogen-bond donors (Lipinski definition) is 1. The highest BCUT2D eigenvalue weighted by atomic mass is 16.5. The van der Waals surface area contributed by atoms with E-state index in [4.69, 9.17) is 10.5 Å². The van der Waals surface area contributed by atoms with Crippen LogP contribution in [0.1, 0.15) is 12.0 Å². The van der Waals surface area contributed by atoms with Crippen molar-refractivity contribution in [3.05, 3.63) is 29.8 Å². The Morgan fingerprint density at radius 1 is 1.30 bits per heavy atom. The molecule has 5 nitrogen and oxygen atoms in total. The summed E-state index contributed by atoms with van der Waals surface area (Å²) in [5.74, 6) is 0. The summed E-state index contributed by atoms with van der Waals surface area (Å²) in [4.78, 5) is 16.3. The number of carbonyl (C=O) groups excluding carboxylic acids is 1. The first-order valence-corrected chi connectivity index (χ1v) is 7.13. The van der Waals surface area contributed by atoms with E-state index in [1.165, 1.54) is 5.56 Å². The monoisotopic (exact) mass is 277 g/mol. The van der Waals surface area contributed by atoms with Crippen LogP contribution in [-0.4, -0.2) is 50.3 Å². The van der Waals surface area contributed by atoms with E-state index in [0.29, 0.717) is 39.4 Å². The van der Waals surface area contributed by atoms with Crippen LogP contribution >= 0.6 is 0 Å². The molecule has 2 rings (SSSR count). The molecule has 20 heavy (non-hydrogen) atoms. The van der Waals surface area contributed by atoms with Crippen LogP contribution in [0.5, 0.6) is 0 Å². The van der Waals surface area contributed by atoms with Gasteiger partial charge in [0.2, 0.25) is 0 Å². The number of morpholine rings is 1. The van der Waals surface area contributed by atoms with Crippen LogP contribution in [0.15, 0.2) is 24.3 Å². The molecule has 0 spiro atoms. The van der Waals surface area contributed by atoms with Gasteiger partial charge in [-0.3, -0.25) is 4.90 Å². The first kappa shape index (κ1) is 14.8. The number of urea groups is 1. The third kappa shape index (κ3) is 3.71. The molecule has 5 heteroatoms. The summed E-state index contributed by atoms with van der Waals surface area (Å²) in [5.41, 5.74) is 7.70. The third-order valence-corrected chi connectivity index (χ3v) is 3.44. The highest BCUT2D eigenvalue weighted by Crippen LogP contribution is 2.18. The molecule has 0 bridgehead atoms. The lowest BCUT2D eigenvalue weighted by molar-refractivity contribution is 0.0548. The number of hydrogen-bond acceptors (Lipinski definition) is 3. The quantitative estimate of drug-likeness (QED) is 0.909. The van der Waals surface area contributed by atoms with Crippen molar-refractivity contribution < 1.29 is 9.53 Å². The van der Waals surface area contributed by atoms with Crippen molar-refractivity contribution in [3.8, 4) is 0 Å². The summed E-state index contributed by atoms with van der Waals surface area (Å²) in [6.07, 6.45) is 0.796. The van der Waals surface area contributed by atoms with Crippen LogP contribution < -0.4 is 10.6 Å². The summed E-state index contributed by atoms with van der Waals surface area (Å²) < 4.78 is 5.30. The first-order valence-electron chi connectivity index (χ1n) is 7.13. The number of amides is 2. The standard InChI is InChI=1S/C15H23N3O2/c1-13-3-5-14(6-4-13)18(8-2-7-16)15(19)17-9-11-20-12-10-17/h3-6H,2,7-12,16H2,1H3. The summed E-state index contributed by atoms with van der Waals surface area (Å²) in [6, 6.07) is 8.08. The molecule has 110 valence electrons. The van der Waals surface area contributed by atoms with Crippen LogP contribution in [0.3, 0.4) is 0 Å². The molecule has 1 aromatic rings. The van der Waals surface area contributed by atoms with E-state index in [1.54, 1.807) is 0 Å². The molecule has 0 aliphatic carbocycles. The molecule has 2 N–H and O–H groups in total. The minimum absolute atomic E-state index is 0.0469.